The van der Waals surface area contributed by atoms with Crippen LogP contribution in [0.4, 0.5) is 0 Å². The molecule has 0 radical (unpaired) electrons. The summed E-state index contributed by atoms with van der Waals surface area (Å²) in [5.74, 6) is -0.358. The van der Waals surface area contributed by atoms with Gasteiger partial charge in [-0.05, 0) is 0 Å². The Morgan fingerprint density at radius 1 is 1.60 bits per heavy atom. The van der Waals surface area contributed by atoms with Crippen LogP contribution < -0.4 is 5.32 Å². The molecule has 0 atom stereocenters. The van der Waals surface area contributed by atoms with Crippen LogP contribution >= 0.6 is 0 Å². The summed E-state index contributed by atoms with van der Waals surface area (Å²) >= 11 is 0. The minimum Gasteiger partial charge on any atom is -0.393 e. The summed E-state index contributed by atoms with van der Waals surface area (Å²) in [5, 5.41) is 28.4. The van der Waals surface area contributed by atoms with Crippen LogP contribution in [-0.4, -0.2) is 44.3 Å². The Bertz CT molecular complexity index is 345. The van der Waals surface area contributed by atoms with Gasteiger partial charge in [-0.2, -0.15) is 0 Å². The fourth-order valence-electron chi connectivity index (χ4n) is 1.26. The number of aryl methyl sites for hydroxylation is 1. The van der Waals surface area contributed by atoms with E-state index in [1.807, 2.05) is 0 Å². The number of hydrogen-bond donors (Lipinski definition) is 3. The second-order valence-corrected chi connectivity index (χ2v) is 3.36. The molecule has 7 heteroatoms. The van der Waals surface area contributed by atoms with Crippen LogP contribution in [0.5, 0.6) is 0 Å². The highest BCUT2D eigenvalue weighted by Crippen LogP contribution is 2.17. The number of carbonyl (C=O) groups is 1. The van der Waals surface area contributed by atoms with Crippen LogP contribution in [0.2, 0.25) is 0 Å². The Morgan fingerprint density at radius 3 is 2.53 bits per heavy atom. The van der Waals surface area contributed by atoms with E-state index in [0.717, 1.165) is 0 Å². The molecule has 84 valence electrons. The predicted octanol–water partition coefficient (Wildman–Crippen LogP) is -1.87. The average Bonchev–Trinajstić information content (AvgIpc) is 2.61. The molecule has 0 aliphatic carbocycles. The minimum absolute atomic E-state index is 0.324. The lowest BCUT2D eigenvalue weighted by Crippen LogP contribution is -2.51. The van der Waals surface area contributed by atoms with Gasteiger partial charge in [-0.3, -0.25) is 9.48 Å². The fraction of sp³-hybridized carbons (Fsp3) is 0.625. The molecule has 0 saturated heterocycles. The summed E-state index contributed by atoms with van der Waals surface area (Å²) < 4.78 is 1.43. The van der Waals surface area contributed by atoms with Crippen molar-refractivity contribution in [2.24, 2.45) is 7.05 Å². The van der Waals surface area contributed by atoms with E-state index in [9.17, 15) is 15.0 Å². The van der Waals surface area contributed by atoms with E-state index in [2.05, 4.69) is 15.6 Å². The lowest BCUT2D eigenvalue weighted by molar-refractivity contribution is -0.122. The minimum atomic E-state index is -1.26. The van der Waals surface area contributed by atoms with Gasteiger partial charge in [0.2, 0.25) is 5.91 Å². The molecule has 7 nitrogen and oxygen atoms in total. The van der Waals surface area contributed by atoms with Crippen molar-refractivity contribution in [3.05, 3.63) is 11.9 Å². The molecule has 1 amide bonds. The largest absolute Gasteiger partial charge is 0.393 e. The number of nitrogens with zero attached hydrogens (tertiary/aromatic N) is 3. The summed E-state index contributed by atoms with van der Waals surface area (Å²) in [5.41, 5.74) is -0.940. The fourth-order valence-corrected chi connectivity index (χ4v) is 1.26. The lowest BCUT2D eigenvalue weighted by Gasteiger charge is -2.27. The van der Waals surface area contributed by atoms with Crippen LogP contribution in [0, 0.1) is 0 Å². The molecule has 0 bridgehead atoms. The second-order valence-electron chi connectivity index (χ2n) is 3.36. The predicted molar refractivity (Wildman–Crippen MR) is 50.7 cm³/mol. The van der Waals surface area contributed by atoms with E-state index >= 15 is 0 Å². The Morgan fingerprint density at radius 2 is 2.20 bits per heavy atom. The standard InChI is InChI=1S/C8H14N4O3/c1-6(15)9-8(4-13,5-14)7-3-12(2)11-10-7/h3,13-14H,4-5H2,1-2H3,(H,9,15). The Labute approximate surface area is 86.7 Å². The lowest BCUT2D eigenvalue weighted by atomic mass is 9.98. The van der Waals surface area contributed by atoms with Gasteiger partial charge in [0.1, 0.15) is 11.2 Å². The van der Waals surface area contributed by atoms with Crippen LogP contribution in [-0.2, 0) is 17.4 Å². The number of hydrogen-bond acceptors (Lipinski definition) is 5. The van der Waals surface area contributed by atoms with Crippen molar-refractivity contribution in [3.63, 3.8) is 0 Å². The maximum absolute atomic E-state index is 11.0. The highest BCUT2D eigenvalue weighted by Gasteiger charge is 2.34. The number of amides is 1. The van der Waals surface area contributed by atoms with Crippen molar-refractivity contribution in [2.75, 3.05) is 13.2 Å². The first kappa shape index (κ1) is 11.6. The van der Waals surface area contributed by atoms with E-state index in [1.54, 1.807) is 7.05 Å². The summed E-state index contributed by atoms with van der Waals surface area (Å²) in [6.07, 6.45) is 1.53. The Hall–Kier alpha value is -1.47. The molecule has 0 spiro atoms. The molecule has 0 saturated carbocycles. The maximum atomic E-state index is 11.0. The smallest absolute Gasteiger partial charge is 0.217 e. The monoisotopic (exact) mass is 214 g/mol. The molecule has 3 N–H and O–H groups in total. The van der Waals surface area contributed by atoms with E-state index < -0.39 is 18.8 Å². The third kappa shape index (κ3) is 2.31. The number of nitrogens with one attached hydrogen (secondary N) is 1. The van der Waals surface area contributed by atoms with Gasteiger partial charge in [0.15, 0.2) is 0 Å². The van der Waals surface area contributed by atoms with Crippen molar-refractivity contribution >= 4 is 5.91 Å². The number of aromatic nitrogens is 3. The first-order chi connectivity index (χ1) is 7.04. The van der Waals surface area contributed by atoms with Crippen LogP contribution in [0.1, 0.15) is 12.6 Å². The summed E-state index contributed by atoms with van der Waals surface area (Å²) in [6.45, 7) is 0.417. The van der Waals surface area contributed by atoms with Crippen LogP contribution in [0.15, 0.2) is 6.20 Å². The Kier molecular flexibility index (Phi) is 3.38. The van der Waals surface area contributed by atoms with Gasteiger partial charge in [-0.1, -0.05) is 5.21 Å². The highest BCUT2D eigenvalue weighted by molar-refractivity contribution is 5.74. The van der Waals surface area contributed by atoms with E-state index in [4.69, 9.17) is 0 Å². The highest BCUT2D eigenvalue weighted by atomic mass is 16.3. The van der Waals surface area contributed by atoms with Gasteiger partial charge in [-0.25, -0.2) is 0 Å². The Balaban J connectivity index is 3.04. The molecule has 15 heavy (non-hydrogen) atoms. The van der Waals surface area contributed by atoms with Crippen molar-refractivity contribution in [2.45, 2.75) is 12.5 Å². The molecule has 0 aliphatic heterocycles. The number of aliphatic hydroxyl groups excluding tert-OH is 2. The molecule has 0 fully saturated rings. The van der Waals surface area contributed by atoms with Crippen LogP contribution in [0.3, 0.4) is 0 Å². The summed E-state index contributed by atoms with van der Waals surface area (Å²) in [6, 6.07) is 0. The molecule has 1 heterocycles. The SMILES string of the molecule is CC(=O)NC(CO)(CO)c1cn(C)nn1. The first-order valence-corrected chi connectivity index (χ1v) is 4.41. The van der Waals surface area contributed by atoms with Crippen molar-refractivity contribution in [3.8, 4) is 0 Å². The summed E-state index contributed by atoms with van der Waals surface area (Å²) in [7, 11) is 1.66. The van der Waals surface area contributed by atoms with Crippen molar-refractivity contribution < 1.29 is 15.0 Å². The third-order valence-electron chi connectivity index (χ3n) is 2.05. The molecular weight excluding hydrogens is 200 g/mol. The molecule has 1 aromatic rings. The number of carbonyl (C=O) groups excluding carboxylic acids is 1. The summed E-state index contributed by atoms with van der Waals surface area (Å²) in [4.78, 5) is 11.0. The molecule has 0 unspecified atom stereocenters. The zero-order valence-electron chi connectivity index (χ0n) is 8.64. The first-order valence-electron chi connectivity index (χ1n) is 4.41. The van der Waals surface area contributed by atoms with Gasteiger partial charge >= 0.3 is 0 Å². The van der Waals surface area contributed by atoms with Crippen LogP contribution in [0.25, 0.3) is 0 Å². The molecule has 0 aliphatic rings. The van der Waals surface area contributed by atoms with Gasteiger partial charge < -0.3 is 15.5 Å². The molecule has 1 rings (SSSR count). The van der Waals surface area contributed by atoms with E-state index in [1.165, 1.54) is 17.8 Å². The average molecular weight is 214 g/mol. The van der Waals surface area contributed by atoms with Crippen molar-refractivity contribution in [1.82, 2.24) is 20.3 Å². The van der Waals surface area contributed by atoms with Gasteiger partial charge in [0, 0.05) is 14.0 Å². The number of rotatable bonds is 4. The second kappa shape index (κ2) is 4.37. The normalized spacial score (nSPS) is 11.5. The maximum Gasteiger partial charge on any atom is 0.217 e. The third-order valence-corrected chi connectivity index (χ3v) is 2.05. The van der Waals surface area contributed by atoms with E-state index in [0.29, 0.717) is 5.69 Å². The van der Waals surface area contributed by atoms with Gasteiger partial charge in [0.25, 0.3) is 0 Å². The topological polar surface area (TPSA) is 100 Å². The quantitative estimate of drug-likeness (QED) is 0.545. The van der Waals surface area contributed by atoms with Gasteiger partial charge in [-0.15, -0.1) is 5.10 Å². The molecule has 1 aromatic heterocycles. The zero-order valence-corrected chi connectivity index (χ0v) is 8.64. The molecular formula is C8H14N4O3. The number of aliphatic hydroxyl groups is 2. The zero-order chi connectivity index (χ0) is 11.5. The van der Waals surface area contributed by atoms with Gasteiger partial charge in [0.05, 0.1) is 19.4 Å². The molecule has 0 aromatic carbocycles. The van der Waals surface area contributed by atoms with Crippen molar-refractivity contribution in [1.29, 1.82) is 0 Å². The van der Waals surface area contributed by atoms with E-state index in [-0.39, 0.29) is 5.91 Å².